The summed E-state index contributed by atoms with van der Waals surface area (Å²) < 4.78 is 0. The van der Waals surface area contributed by atoms with E-state index >= 15 is 0 Å². The van der Waals surface area contributed by atoms with Crippen LogP contribution in [-0.4, -0.2) is 78.0 Å². The van der Waals surface area contributed by atoms with Gasteiger partial charge in [0.1, 0.15) is 0 Å². The standard InChI is InChI=1S/C45H87N3O2/c1-5-7-8-9-10-11-12-13-14-15-16-19-22-25-28-31-36-47(41-44(49)6-2)38-33-34-39-48(42-45(50)40-46)37-32-29-26-23-20-17-18-21-24-27-30-35-43(3)4/h10-11,13-14,21,24,30,35,43-45,49-50H,5-9,12,15-20,22-23,25-29,31-34,36-42,46H2,1-4H3/b11-10-,14-13+,24-21+,35-30-. The van der Waals surface area contributed by atoms with Crippen LogP contribution in [0.4, 0.5) is 0 Å². The van der Waals surface area contributed by atoms with Crippen LogP contribution in [0.1, 0.15) is 175 Å². The average Bonchev–Trinajstić information content (AvgIpc) is 3.11. The molecule has 294 valence electrons. The van der Waals surface area contributed by atoms with Crippen molar-refractivity contribution in [1.82, 2.24) is 9.80 Å². The molecule has 5 nitrogen and oxygen atoms in total. The van der Waals surface area contributed by atoms with Gasteiger partial charge in [0.15, 0.2) is 0 Å². The minimum Gasteiger partial charge on any atom is -0.392 e. The number of unbranched alkanes of at least 4 members (excludes halogenated alkanes) is 16. The van der Waals surface area contributed by atoms with Crippen molar-refractivity contribution in [2.45, 2.75) is 188 Å². The lowest BCUT2D eigenvalue weighted by atomic mass is 10.1. The van der Waals surface area contributed by atoms with Gasteiger partial charge < -0.3 is 25.7 Å². The first-order valence-electron chi connectivity index (χ1n) is 21.5. The summed E-state index contributed by atoms with van der Waals surface area (Å²) in [6.45, 7) is 14.8. The lowest BCUT2D eigenvalue weighted by Crippen LogP contribution is -2.38. The Morgan fingerprint density at radius 1 is 0.480 bits per heavy atom. The van der Waals surface area contributed by atoms with Crippen LogP contribution in [0.3, 0.4) is 0 Å². The number of nitrogens with two attached hydrogens (primary N) is 1. The lowest BCUT2D eigenvalue weighted by molar-refractivity contribution is 0.102. The molecule has 0 aliphatic rings. The van der Waals surface area contributed by atoms with E-state index in [0.29, 0.717) is 19.0 Å². The summed E-state index contributed by atoms with van der Waals surface area (Å²) in [5, 5.41) is 20.7. The van der Waals surface area contributed by atoms with E-state index < -0.39 is 6.10 Å². The molecule has 0 saturated heterocycles. The summed E-state index contributed by atoms with van der Waals surface area (Å²) in [4.78, 5) is 4.93. The monoisotopic (exact) mass is 702 g/mol. The molecule has 0 amide bonds. The second-order valence-corrected chi connectivity index (χ2v) is 15.1. The Bertz CT molecular complexity index is 793. The van der Waals surface area contributed by atoms with Gasteiger partial charge in [-0.1, -0.05) is 141 Å². The third-order valence-corrected chi connectivity index (χ3v) is 9.61. The molecular formula is C45H87N3O2. The molecule has 0 aliphatic carbocycles. The van der Waals surface area contributed by atoms with Crippen LogP contribution < -0.4 is 5.73 Å². The van der Waals surface area contributed by atoms with E-state index in [-0.39, 0.29) is 6.10 Å². The van der Waals surface area contributed by atoms with Gasteiger partial charge in [0.25, 0.3) is 0 Å². The Hall–Kier alpha value is -1.24. The van der Waals surface area contributed by atoms with Gasteiger partial charge in [0.2, 0.25) is 0 Å². The van der Waals surface area contributed by atoms with E-state index in [2.05, 4.69) is 86.1 Å². The van der Waals surface area contributed by atoms with Crippen LogP contribution in [0.15, 0.2) is 48.6 Å². The molecule has 0 heterocycles. The number of nitrogens with zero attached hydrogens (tertiary/aromatic N) is 2. The summed E-state index contributed by atoms with van der Waals surface area (Å²) in [5.41, 5.74) is 5.77. The molecule has 0 bridgehead atoms. The molecule has 0 aromatic carbocycles. The Morgan fingerprint density at radius 3 is 1.28 bits per heavy atom. The maximum Gasteiger partial charge on any atom is 0.0789 e. The number of allylic oxidation sites excluding steroid dienone is 8. The molecule has 0 aromatic heterocycles. The normalized spacial score (nSPS) is 14.0. The zero-order valence-electron chi connectivity index (χ0n) is 33.9. The number of aliphatic hydroxyl groups excluding tert-OH is 2. The SMILES string of the molecule is CCCCC/C=C\C/C=C/CCCCCCCCN(CCCCN(CCCCCCCC/C=C/C/C=C\C(C)C)CC(O)CN)CC(O)CC. The van der Waals surface area contributed by atoms with Crippen molar-refractivity contribution in [3.63, 3.8) is 0 Å². The lowest BCUT2D eigenvalue weighted by Gasteiger charge is -2.27. The third kappa shape index (κ3) is 36.5. The molecule has 0 radical (unpaired) electrons. The van der Waals surface area contributed by atoms with Gasteiger partial charge in [-0.25, -0.2) is 0 Å². The Morgan fingerprint density at radius 2 is 0.860 bits per heavy atom. The average molecular weight is 702 g/mol. The van der Waals surface area contributed by atoms with Crippen molar-refractivity contribution < 1.29 is 10.2 Å². The predicted octanol–water partition coefficient (Wildman–Crippen LogP) is 11.2. The van der Waals surface area contributed by atoms with E-state index in [1.165, 1.54) is 116 Å². The summed E-state index contributed by atoms with van der Waals surface area (Å²) in [5.74, 6) is 0.643. The second kappa shape index (κ2) is 39.0. The topological polar surface area (TPSA) is 73.0 Å². The van der Waals surface area contributed by atoms with E-state index in [9.17, 15) is 10.2 Å². The first-order chi connectivity index (χ1) is 24.4. The minimum atomic E-state index is -0.441. The van der Waals surface area contributed by atoms with Gasteiger partial charge in [0, 0.05) is 19.6 Å². The molecule has 4 N–H and O–H groups in total. The molecule has 0 aliphatic heterocycles. The first kappa shape index (κ1) is 48.8. The fourth-order valence-electron chi connectivity index (χ4n) is 6.33. The van der Waals surface area contributed by atoms with E-state index in [1.807, 2.05) is 0 Å². The number of hydrogen-bond donors (Lipinski definition) is 3. The molecule has 0 fully saturated rings. The molecule has 0 saturated carbocycles. The number of rotatable bonds is 38. The fourth-order valence-corrected chi connectivity index (χ4v) is 6.33. The highest BCUT2D eigenvalue weighted by Crippen LogP contribution is 2.12. The molecule has 0 rings (SSSR count). The Kier molecular flexibility index (Phi) is 38.0. The first-order valence-corrected chi connectivity index (χ1v) is 21.5. The Balaban J connectivity index is 4.16. The van der Waals surface area contributed by atoms with E-state index in [0.717, 1.165) is 64.8 Å². The van der Waals surface area contributed by atoms with Crippen molar-refractivity contribution in [2.75, 3.05) is 45.8 Å². The zero-order valence-corrected chi connectivity index (χ0v) is 33.9. The second-order valence-electron chi connectivity index (χ2n) is 15.1. The van der Waals surface area contributed by atoms with Crippen molar-refractivity contribution in [2.24, 2.45) is 11.7 Å². The Labute approximate surface area is 312 Å². The minimum absolute atomic E-state index is 0.232. The summed E-state index contributed by atoms with van der Waals surface area (Å²) >= 11 is 0. The zero-order chi connectivity index (χ0) is 36.8. The van der Waals surface area contributed by atoms with Gasteiger partial charge in [-0.15, -0.1) is 0 Å². The summed E-state index contributed by atoms with van der Waals surface area (Å²) in [7, 11) is 0. The molecular weight excluding hydrogens is 615 g/mol. The van der Waals surface area contributed by atoms with Crippen molar-refractivity contribution in [1.29, 1.82) is 0 Å². The van der Waals surface area contributed by atoms with Crippen LogP contribution in [-0.2, 0) is 0 Å². The summed E-state index contributed by atoms with van der Waals surface area (Å²) in [6.07, 6.45) is 46.2. The van der Waals surface area contributed by atoms with Crippen LogP contribution >= 0.6 is 0 Å². The molecule has 2 atom stereocenters. The largest absolute Gasteiger partial charge is 0.392 e. The maximum atomic E-state index is 10.4. The predicted molar refractivity (Wildman–Crippen MR) is 223 cm³/mol. The van der Waals surface area contributed by atoms with Crippen LogP contribution in [0.2, 0.25) is 0 Å². The van der Waals surface area contributed by atoms with E-state index in [4.69, 9.17) is 5.73 Å². The highest BCUT2D eigenvalue weighted by molar-refractivity contribution is 4.94. The number of hydrogen-bond acceptors (Lipinski definition) is 5. The molecule has 5 heteroatoms. The van der Waals surface area contributed by atoms with E-state index in [1.54, 1.807) is 0 Å². The van der Waals surface area contributed by atoms with Gasteiger partial charge in [0.05, 0.1) is 12.2 Å². The molecule has 0 aromatic rings. The highest BCUT2D eigenvalue weighted by Gasteiger charge is 2.13. The molecule has 2 unspecified atom stereocenters. The molecule has 0 spiro atoms. The van der Waals surface area contributed by atoms with Gasteiger partial charge in [-0.05, 0) is 116 Å². The highest BCUT2D eigenvalue weighted by atomic mass is 16.3. The fraction of sp³-hybridized carbons (Fsp3) is 0.822. The van der Waals surface area contributed by atoms with Crippen LogP contribution in [0, 0.1) is 5.92 Å². The molecule has 50 heavy (non-hydrogen) atoms. The quantitative estimate of drug-likeness (QED) is 0.0441. The van der Waals surface area contributed by atoms with Gasteiger partial charge >= 0.3 is 0 Å². The van der Waals surface area contributed by atoms with Crippen LogP contribution in [0.25, 0.3) is 0 Å². The number of aliphatic hydroxyl groups is 2. The summed E-state index contributed by atoms with van der Waals surface area (Å²) in [6, 6.07) is 0. The third-order valence-electron chi connectivity index (χ3n) is 9.61. The van der Waals surface area contributed by atoms with Gasteiger partial charge in [-0.2, -0.15) is 0 Å². The van der Waals surface area contributed by atoms with Crippen LogP contribution in [0.5, 0.6) is 0 Å². The van der Waals surface area contributed by atoms with Crippen molar-refractivity contribution >= 4 is 0 Å². The smallest absolute Gasteiger partial charge is 0.0789 e. The van der Waals surface area contributed by atoms with Gasteiger partial charge in [-0.3, -0.25) is 0 Å². The van der Waals surface area contributed by atoms with Crippen molar-refractivity contribution in [3.8, 4) is 0 Å². The maximum absolute atomic E-state index is 10.4. The van der Waals surface area contributed by atoms with Crippen molar-refractivity contribution in [3.05, 3.63) is 48.6 Å².